The van der Waals surface area contributed by atoms with Gasteiger partial charge in [0.15, 0.2) is 0 Å². The van der Waals surface area contributed by atoms with Crippen molar-refractivity contribution in [1.82, 2.24) is 0 Å². The van der Waals surface area contributed by atoms with Crippen LogP contribution < -0.4 is 9.64 Å². The molecule has 0 N–H and O–H groups in total. The van der Waals surface area contributed by atoms with Crippen LogP contribution in [-0.2, 0) is 115 Å². The highest BCUT2D eigenvalue weighted by Crippen LogP contribution is 2.35. The van der Waals surface area contributed by atoms with Crippen LogP contribution in [0.5, 0.6) is 5.75 Å². The number of anilines is 1. The average molecular weight is 2200 g/mol. The topological polar surface area (TPSA) is 262 Å². The molecular formula is C126H216ClNO14S6-6. The molecule has 0 bridgehead atoms. The number of methoxy groups -OCH3 is 1. The number of benzene rings is 6. The summed E-state index contributed by atoms with van der Waals surface area (Å²) in [6.45, 7) is 64.5. The van der Waals surface area contributed by atoms with Gasteiger partial charge < -0.3 is 41.7 Å². The Morgan fingerprint density at radius 1 is 0.324 bits per heavy atom. The molecule has 13 rings (SSSR count). The first-order valence-electron chi connectivity index (χ1n) is 57.3. The van der Waals surface area contributed by atoms with E-state index in [-0.39, 0.29) is 36.9 Å². The second kappa shape index (κ2) is 90.9. The van der Waals surface area contributed by atoms with Crippen LogP contribution in [0.2, 0.25) is 5.02 Å². The fourth-order valence-electron chi connectivity index (χ4n) is 16.7. The normalized spacial score (nSPS) is 19.7. The average Bonchev–Trinajstić information content (AvgIpc) is 0.836. The van der Waals surface area contributed by atoms with Crippen molar-refractivity contribution >= 4 is 83.8 Å². The standard InChI is InChI=1S/C21H33NO.C16H24O.2C12H18.C11H16.C8H9Cl.4C7H14.6C3H8O2S/c1-16-4-6-19(7-5-16)8-9-20-10-12-21(13-11-20)22-14-17(2)23-18(3)15-22;1-13-3-5-14(6-4-13)7-8-15-9-11-16(17-2)12-10-15;1-5-10-6-8-11(9-7-10)12(2,3)4;1-4-10(3)12-8-6-11(5-2)7-9-12;1-4-10-5-7-11(8-6-10)9(2)3;1-2-7-3-5-8(9)6-4-7;4*1-7-5-3-2-4-6-7;6*1-3(2)6(4)5/h10-13,16-19H,4-9,14-15H2,1-3H3;9-14H,3-8H2,1-2H3;6-9H,5H2,1-4H3;6-10H,4-5H2,1-3H3;5-9H,4H2,1-3H3;3-6H,2H2,1H3;4*7H,2-6H2,1H3;6*3H,1-2H3,(H,4,5)/p-6/t16?,17-,18+,19?;;;;;;;;;;;;;;;. The Kier molecular flexibility index (Phi) is 90.8. The van der Waals surface area contributed by atoms with E-state index in [1.807, 2.05) is 24.3 Å². The first kappa shape index (κ1) is 148. The summed E-state index contributed by atoms with van der Waals surface area (Å²) in [5.74, 6) is 10.3. The number of aryl methyl sites for hydroxylation is 6. The third-order valence-corrected chi connectivity index (χ3v) is 32.8. The van der Waals surface area contributed by atoms with Crippen molar-refractivity contribution in [2.24, 2.45) is 47.3 Å². The molecule has 858 valence electrons. The number of morpholine rings is 1. The third-order valence-electron chi connectivity index (χ3n) is 27.9. The molecule has 0 amide bonds. The molecule has 0 aromatic heterocycles. The van der Waals surface area contributed by atoms with Crippen LogP contribution in [-0.4, -0.2) is 116 Å². The predicted octanol–water partition coefficient (Wildman–Crippen LogP) is 35.1. The van der Waals surface area contributed by atoms with Crippen molar-refractivity contribution < 1.29 is 62.0 Å². The van der Waals surface area contributed by atoms with Crippen molar-refractivity contribution in [2.45, 2.75) is 513 Å². The first-order valence-corrected chi connectivity index (χ1v) is 64.5. The Hall–Kier alpha value is -4.17. The van der Waals surface area contributed by atoms with Crippen LogP contribution in [0.4, 0.5) is 5.69 Å². The molecule has 1 heterocycles. The molecule has 9 atom stereocenters. The van der Waals surface area contributed by atoms with Crippen molar-refractivity contribution in [3.8, 4) is 5.75 Å². The highest BCUT2D eigenvalue weighted by molar-refractivity contribution is 7.80. The molecule has 7 aliphatic rings. The number of rotatable bonds is 21. The van der Waals surface area contributed by atoms with E-state index >= 15 is 0 Å². The Bertz CT molecular complexity index is 3990. The lowest BCUT2D eigenvalue weighted by Gasteiger charge is -2.37. The molecule has 7 unspecified atom stereocenters. The van der Waals surface area contributed by atoms with Crippen molar-refractivity contribution in [1.29, 1.82) is 0 Å². The molecule has 6 aromatic rings. The van der Waals surface area contributed by atoms with E-state index in [0.717, 1.165) is 96.9 Å². The van der Waals surface area contributed by atoms with Gasteiger partial charge in [-0.1, -0.05) is 568 Å². The molecular weight excluding hydrogens is 1980 g/mol. The van der Waals surface area contributed by atoms with E-state index < -0.39 is 66.5 Å². The highest BCUT2D eigenvalue weighted by Gasteiger charge is 2.24. The van der Waals surface area contributed by atoms with Crippen LogP contribution >= 0.6 is 11.6 Å². The Morgan fingerprint density at radius 2 is 0.554 bits per heavy atom. The first-order chi connectivity index (χ1) is 69.7. The van der Waals surface area contributed by atoms with Gasteiger partial charge in [-0.3, -0.25) is 25.3 Å². The number of hydrogen-bond acceptors (Lipinski definition) is 15. The number of ether oxygens (including phenoxy) is 2. The van der Waals surface area contributed by atoms with Crippen LogP contribution in [0.1, 0.15) is 476 Å². The van der Waals surface area contributed by atoms with Crippen molar-refractivity contribution in [3.05, 3.63) is 201 Å². The molecule has 0 spiro atoms. The van der Waals surface area contributed by atoms with Gasteiger partial charge in [-0.15, -0.1) is 0 Å². The van der Waals surface area contributed by atoms with Gasteiger partial charge in [-0.05, 0) is 223 Å². The minimum atomic E-state index is -1.87. The Morgan fingerprint density at radius 3 is 0.770 bits per heavy atom. The summed E-state index contributed by atoms with van der Waals surface area (Å²) in [5.41, 5.74) is 14.5. The lowest BCUT2D eigenvalue weighted by atomic mass is 9.80. The van der Waals surface area contributed by atoms with Gasteiger partial charge in [0.1, 0.15) is 5.75 Å². The number of hydrogen-bond donors (Lipinski definition) is 0. The van der Waals surface area contributed by atoms with Gasteiger partial charge in [0.2, 0.25) is 0 Å². The quantitative estimate of drug-likeness (QED) is 0.0607. The van der Waals surface area contributed by atoms with Gasteiger partial charge >= 0.3 is 0 Å². The van der Waals surface area contributed by atoms with E-state index in [2.05, 4.69) is 258 Å². The maximum Gasteiger partial charge on any atom is 0.118 e. The monoisotopic (exact) mass is 2190 g/mol. The molecule has 0 radical (unpaired) electrons. The fraction of sp³-hybridized carbons (Fsp3) is 0.714. The summed E-state index contributed by atoms with van der Waals surface area (Å²) >= 11 is -5.54. The molecule has 1 saturated heterocycles. The second-order valence-electron chi connectivity index (χ2n) is 45.3. The van der Waals surface area contributed by atoms with E-state index in [9.17, 15) is 52.6 Å². The largest absolute Gasteiger partial charge is 0.772 e. The van der Waals surface area contributed by atoms with Crippen LogP contribution in [0, 0.1) is 47.3 Å². The summed E-state index contributed by atoms with van der Waals surface area (Å²) in [5, 5.41) is -0.577. The predicted molar refractivity (Wildman–Crippen MR) is 644 cm³/mol. The van der Waals surface area contributed by atoms with Crippen molar-refractivity contribution in [2.75, 3.05) is 25.1 Å². The zero-order chi connectivity index (χ0) is 113. The Balaban J connectivity index is -0.00000155. The zero-order valence-electron chi connectivity index (χ0n) is 99.3. The van der Waals surface area contributed by atoms with Gasteiger partial charge in [0, 0.05) is 55.3 Å². The number of nitrogens with zero attached hydrogens (tertiary/aromatic N) is 1. The lowest BCUT2D eigenvalue weighted by molar-refractivity contribution is -0.00522. The Labute approximate surface area is 930 Å². The van der Waals surface area contributed by atoms with Gasteiger partial charge in [-0.25, -0.2) is 0 Å². The fourth-order valence-corrected chi connectivity index (χ4v) is 16.8. The minimum Gasteiger partial charge on any atom is -0.772 e. The molecule has 22 heteroatoms. The van der Waals surface area contributed by atoms with Gasteiger partial charge in [-0.2, -0.15) is 0 Å². The molecule has 7 fully saturated rings. The zero-order valence-corrected chi connectivity index (χ0v) is 105. The van der Waals surface area contributed by atoms with Crippen LogP contribution in [0.3, 0.4) is 0 Å². The highest BCUT2D eigenvalue weighted by atomic mass is 35.5. The maximum absolute atomic E-state index is 9.70. The summed E-state index contributed by atoms with van der Waals surface area (Å²) < 4.78 is 127. The smallest absolute Gasteiger partial charge is 0.118 e. The van der Waals surface area contributed by atoms with Gasteiger partial charge in [0.05, 0.1) is 19.3 Å². The molecule has 1 aliphatic heterocycles. The van der Waals surface area contributed by atoms with E-state index in [1.165, 1.54) is 268 Å². The summed E-state index contributed by atoms with van der Waals surface area (Å²) in [4.78, 5) is 2.46. The third kappa shape index (κ3) is 83.2. The minimum absolute atomic E-state index is 0.231. The van der Waals surface area contributed by atoms with Gasteiger partial charge in [0.25, 0.3) is 0 Å². The second-order valence-corrected chi connectivity index (χ2v) is 54.5. The molecule has 6 aliphatic carbocycles. The summed E-state index contributed by atoms with van der Waals surface area (Å²) in [6.07, 6.45) is 52.9. The van der Waals surface area contributed by atoms with Crippen molar-refractivity contribution in [3.63, 3.8) is 0 Å². The summed E-state index contributed by atoms with van der Waals surface area (Å²) in [7, 11) is 1.72. The SMILES string of the molecule is CC(C)S(=O)[O-].CC(C)S(=O)[O-].CC(C)S(=O)[O-].CC(C)S(=O)[O-].CC(C)S(=O)[O-].CC(C)S(=O)[O-].CC1CCC(CCc2ccc(N3C[C@@H](C)O[C@@H](C)C3)cc2)CC1.CC1CCCCC1.CC1CCCCC1.CC1CCCCC1.CC1CCCCC1.CCc1ccc(C(C)(C)C)cc1.CCc1ccc(C(C)C)cc1.CCc1ccc(C(C)CC)cc1.CCc1ccc(Cl)cc1.COc1ccc(CCC2CCC(C)CC2)cc1. The van der Waals surface area contributed by atoms with Crippen LogP contribution in [0.25, 0.3) is 0 Å². The lowest BCUT2D eigenvalue weighted by Crippen LogP contribution is -2.45. The molecule has 15 nitrogen and oxygen atoms in total. The van der Waals surface area contributed by atoms with E-state index in [1.54, 1.807) is 90.2 Å². The summed E-state index contributed by atoms with van der Waals surface area (Å²) in [6, 6.07) is 52.5. The molecule has 6 saturated carbocycles. The molecule has 148 heavy (non-hydrogen) atoms. The van der Waals surface area contributed by atoms with E-state index in [0.29, 0.717) is 24.0 Å². The van der Waals surface area contributed by atoms with E-state index in [4.69, 9.17) is 21.1 Å². The number of halogens is 1. The molecule has 6 aromatic carbocycles. The van der Waals surface area contributed by atoms with Crippen LogP contribution in [0.15, 0.2) is 146 Å². The maximum atomic E-state index is 9.70.